The van der Waals surface area contributed by atoms with E-state index in [2.05, 4.69) is 4.72 Å². The summed E-state index contributed by atoms with van der Waals surface area (Å²) >= 11 is 0. The molecule has 154 valence electrons. The third-order valence-electron chi connectivity index (χ3n) is 5.03. The zero-order chi connectivity index (χ0) is 20.7. The quantitative estimate of drug-likeness (QED) is 0.689. The number of nitrogens with one attached hydrogen (secondary N) is 1. The van der Waals surface area contributed by atoms with E-state index in [4.69, 9.17) is 13.9 Å². The molecule has 3 heterocycles. The second-order valence-corrected chi connectivity index (χ2v) is 8.62. The van der Waals surface area contributed by atoms with Crippen molar-refractivity contribution in [3.63, 3.8) is 0 Å². The number of hydrogen-bond donors (Lipinski definition) is 1. The molecule has 1 N–H and O–H groups in total. The molecule has 0 aliphatic carbocycles. The molecule has 0 atom stereocenters. The predicted molar refractivity (Wildman–Crippen MR) is 109 cm³/mol. The van der Waals surface area contributed by atoms with Gasteiger partial charge in [-0.15, -0.1) is 0 Å². The lowest BCUT2D eigenvalue weighted by Crippen LogP contribution is -2.28. The maximum atomic E-state index is 12.8. The first kappa shape index (κ1) is 18.6. The van der Waals surface area contributed by atoms with Crippen molar-refractivity contribution in [2.24, 2.45) is 0 Å². The Morgan fingerprint density at radius 1 is 1.00 bits per heavy atom. The molecule has 30 heavy (non-hydrogen) atoms. The Labute approximate surface area is 173 Å². The molecule has 0 spiro atoms. The second kappa shape index (κ2) is 7.10. The number of carbonyl (C=O) groups is 1. The highest BCUT2D eigenvalue weighted by atomic mass is 32.2. The van der Waals surface area contributed by atoms with Crippen LogP contribution in [0.3, 0.4) is 0 Å². The second-order valence-electron chi connectivity index (χ2n) is 6.94. The van der Waals surface area contributed by atoms with E-state index in [1.165, 1.54) is 18.4 Å². The summed E-state index contributed by atoms with van der Waals surface area (Å²) in [6.07, 6.45) is 2.08. The van der Waals surface area contributed by atoms with Crippen molar-refractivity contribution in [2.75, 3.05) is 29.4 Å². The molecule has 5 rings (SSSR count). The summed E-state index contributed by atoms with van der Waals surface area (Å²) in [5.74, 6) is 0.985. The van der Waals surface area contributed by atoms with Crippen molar-refractivity contribution < 1.29 is 27.1 Å². The topological polar surface area (TPSA) is 98.1 Å². The minimum Gasteiger partial charge on any atom is -0.486 e. The Morgan fingerprint density at radius 2 is 1.83 bits per heavy atom. The molecule has 2 aromatic carbocycles. The van der Waals surface area contributed by atoms with E-state index in [0.717, 1.165) is 11.3 Å². The minimum absolute atomic E-state index is 0.0851. The number of nitrogens with zero attached hydrogens (tertiary/aromatic N) is 1. The van der Waals surface area contributed by atoms with Gasteiger partial charge in [0, 0.05) is 24.0 Å². The molecule has 1 aromatic heterocycles. The van der Waals surface area contributed by atoms with Crippen molar-refractivity contribution in [3.8, 4) is 11.5 Å². The normalized spacial score (nSPS) is 15.0. The molecule has 0 saturated heterocycles. The fourth-order valence-corrected chi connectivity index (χ4v) is 4.68. The number of amides is 1. The molecule has 8 nitrogen and oxygen atoms in total. The summed E-state index contributed by atoms with van der Waals surface area (Å²) < 4.78 is 44.4. The van der Waals surface area contributed by atoms with Crippen LogP contribution in [0.1, 0.15) is 16.1 Å². The number of hydrogen-bond acceptors (Lipinski definition) is 6. The van der Waals surface area contributed by atoms with Gasteiger partial charge >= 0.3 is 0 Å². The van der Waals surface area contributed by atoms with Crippen LogP contribution in [0, 0.1) is 0 Å². The van der Waals surface area contributed by atoms with Crippen LogP contribution in [-0.2, 0) is 16.4 Å². The highest BCUT2D eigenvalue weighted by molar-refractivity contribution is 7.92. The first-order chi connectivity index (χ1) is 14.5. The van der Waals surface area contributed by atoms with Gasteiger partial charge in [-0.25, -0.2) is 8.42 Å². The van der Waals surface area contributed by atoms with Gasteiger partial charge < -0.3 is 18.8 Å². The lowest BCUT2D eigenvalue weighted by atomic mass is 10.1. The lowest BCUT2D eigenvalue weighted by molar-refractivity contribution is 0.0963. The van der Waals surface area contributed by atoms with Crippen LogP contribution >= 0.6 is 0 Å². The Hall–Kier alpha value is -3.46. The largest absolute Gasteiger partial charge is 0.486 e. The monoisotopic (exact) mass is 426 g/mol. The fraction of sp³-hybridized carbons (Fsp3) is 0.190. The molecular formula is C21H18N2O6S. The molecule has 0 saturated carbocycles. The van der Waals surface area contributed by atoms with Crippen molar-refractivity contribution in [3.05, 3.63) is 66.1 Å². The summed E-state index contributed by atoms with van der Waals surface area (Å²) in [6, 6.07) is 12.9. The summed E-state index contributed by atoms with van der Waals surface area (Å²) in [7, 11) is -3.81. The van der Waals surface area contributed by atoms with Crippen LogP contribution in [0.25, 0.3) is 0 Å². The maximum absolute atomic E-state index is 12.8. The molecule has 0 radical (unpaired) electrons. The van der Waals surface area contributed by atoms with E-state index < -0.39 is 10.0 Å². The standard InChI is InChI=1S/C21H18N2O6S/c24-21(19-2-1-9-27-19)23-8-7-14-12-15(3-5-17(14)23)22-30(25,26)16-4-6-18-20(13-16)29-11-10-28-18/h1-6,9,12-13,22H,7-8,10-11H2. The van der Waals surface area contributed by atoms with Crippen LogP contribution in [0.4, 0.5) is 11.4 Å². The average molecular weight is 426 g/mol. The molecule has 1 amide bonds. The Kier molecular flexibility index (Phi) is 4.39. The Bertz CT molecular complexity index is 1220. The smallest absolute Gasteiger partial charge is 0.293 e. The predicted octanol–water partition coefficient (Wildman–Crippen LogP) is 3.05. The third-order valence-corrected chi connectivity index (χ3v) is 6.41. The maximum Gasteiger partial charge on any atom is 0.293 e. The summed E-state index contributed by atoms with van der Waals surface area (Å²) in [6.45, 7) is 1.32. The third kappa shape index (κ3) is 3.26. The first-order valence-corrected chi connectivity index (χ1v) is 10.9. The number of sulfonamides is 1. The van der Waals surface area contributed by atoms with Crippen LogP contribution in [-0.4, -0.2) is 34.1 Å². The lowest BCUT2D eigenvalue weighted by Gasteiger charge is -2.19. The van der Waals surface area contributed by atoms with Gasteiger partial charge in [0.15, 0.2) is 17.3 Å². The van der Waals surface area contributed by atoms with E-state index in [1.807, 2.05) is 0 Å². The summed E-state index contributed by atoms with van der Waals surface area (Å²) in [4.78, 5) is 14.3. The van der Waals surface area contributed by atoms with E-state index in [9.17, 15) is 13.2 Å². The van der Waals surface area contributed by atoms with Crippen LogP contribution < -0.4 is 19.1 Å². The molecule has 2 aliphatic heterocycles. The van der Waals surface area contributed by atoms with E-state index in [1.54, 1.807) is 41.3 Å². The summed E-state index contributed by atoms with van der Waals surface area (Å²) in [5, 5.41) is 0. The molecular weight excluding hydrogens is 408 g/mol. The van der Waals surface area contributed by atoms with Gasteiger partial charge in [-0.3, -0.25) is 9.52 Å². The van der Waals surface area contributed by atoms with Crippen LogP contribution in [0.5, 0.6) is 11.5 Å². The van der Waals surface area contributed by atoms with Crippen molar-refractivity contribution in [1.29, 1.82) is 0 Å². The molecule has 0 bridgehead atoms. The molecule has 0 fully saturated rings. The highest BCUT2D eigenvalue weighted by Crippen LogP contribution is 2.34. The van der Waals surface area contributed by atoms with E-state index in [0.29, 0.717) is 43.4 Å². The number of carbonyl (C=O) groups excluding carboxylic acids is 1. The van der Waals surface area contributed by atoms with Gasteiger partial charge in [0.2, 0.25) is 0 Å². The Morgan fingerprint density at radius 3 is 2.63 bits per heavy atom. The zero-order valence-electron chi connectivity index (χ0n) is 15.8. The van der Waals surface area contributed by atoms with Gasteiger partial charge in [-0.05, 0) is 54.4 Å². The van der Waals surface area contributed by atoms with Crippen molar-refractivity contribution in [1.82, 2.24) is 0 Å². The van der Waals surface area contributed by atoms with Crippen LogP contribution in [0.15, 0.2) is 64.1 Å². The Balaban J connectivity index is 1.38. The van der Waals surface area contributed by atoms with Crippen molar-refractivity contribution in [2.45, 2.75) is 11.3 Å². The van der Waals surface area contributed by atoms with Crippen molar-refractivity contribution >= 4 is 27.3 Å². The number of benzene rings is 2. The van der Waals surface area contributed by atoms with Gasteiger partial charge in [0.05, 0.1) is 11.2 Å². The van der Waals surface area contributed by atoms with Gasteiger partial charge in [0.25, 0.3) is 15.9 Å². The SMILES string of the molecule is O=C(c1ccco1)N1CCc2cc(NS(=O)(=O)c3ccc4c(c3)OCCO4)ccc21. The number of rotatable bonds is 4. The molecule has 2 aliphatic rings. The molecule has 0 unspecified atom stereocenters. The first-order valence-electron chi connectivity index (χ1n) is 9.42. The minimum atomic E-state index is -3.81. The average Bonchev–Trinajstić information content (AvgIpc) is 3.42. The van der Waals surface area contributed by atoms with Gasteiger partial charge in [-0.1, -0.05) is 0 Å². The van der Waals surface area contributed by atoms with Crippen LogP contribution in [0.2, 0.25) is 0 Å². The van der Waals surface area contributed by atoms with Gasteiger partial charge in [-0.2, -0.15) is 0 Å². The number of anilines is 2. The molecule has 9 heteroatoms. The summed E-state index contributed by atoms with van der Waals surface area (Å²) in [5.41, 5.74) is 2.06. The zero-order valence-corrected chi connectivity index (χ0v) is 16.6. The number of ether oxygens (including phenoxy) is 2. The van der Waals surface area contributed by atoms with E-state index >= 15 is 0 Å². The highest BCUT2D eigenvalue weighted by Gasteiger charge is 2.28. The van der Waals surface area contributed by atoms with Gasteiger partial charge in [0.1, 0.15) is 13.2 Å². The molecule has 3 aromatic rings. The fourth-order valence-electron chi connectivity index (χ4n) is 3.61. The number of furan rings is 1. The van der Waals surface area contributed by atoms with E-state index in [-0.39, 0.29) is 16.6 Å². The number of fused-ring (bicyclic) bond motifs is 2.